The van der Waals surface area contributed by atoms with Crippen LogP contribution in [0.3, 0.4) is 0 Å². The summed E-state index contributed by atoms with van der Waals surface area (Å²) in [7, 11) is 0. The summed E-state index contributed by atoms with van der Waals surface area (Å²) < 4.78 is 40.4. The Kier molecular flexibility index (Phi) is 3.31. The summed E-state index contributed by atoms with van der Waals surface area (Å²) >= 11 is 0. The fourth-order valence-electron chi connectivity index (χ4n) is 7.54. The summed E-state index contributed by atoms with van der Waals surface area (Å²) in [5, 5.41) is 2.90. The van der Waals surface area contributed by atoms with E-state index in [4.69, 9.17) is 4.42 Å². The third-order valence-corrected chi connectivity index (χ3v) is 8.88. The highest BCUT2D eigenvalue weighted by atomic mass is 19.2. The number of nitrogens with zero attached hydrogens (tertiary/aromatic N) is 2. The fraction of sp³-hybridized carbons (Fsp3) is 0.0303. The molecule has 5 heterocycles. The number of hydrogen-bond donors (Lipinski definition) is 0. The minimum absolute atomic E-state index is 0.149. The van der Waals surface area contributed by atoms with E-state index in [9.17, 15) is 8.78 Å². The van der Waals surface area contributed by atoms with Crippen molar-refractivity contribution < 1.29 is 13.2 Å². The third-order valence-electron chi connectivity index (χ3n) is 8.88. The average molecular weight is 506 g/mol. The number of aromatic nitrogens is 2. The molecule has 2 aliphatic rings. The van der Waals surface area contributed by atoms with E-state index in [-0.39, 0.29) is 6.71 Å². The number of benzene rings is 5. The number of halogens is 2. The van der Waals surface area contributed by atoms with Crippen LogP contribution in [0.1, 0.15) is 5.56 Å². The molecule has 0 aliphatic carbocycles. The first kappa shape index (κ1) is 20.2. The summed E-state index contributed by atoms with van der Waals surface area (Å²) in [5.41, 5.74) is 13.4. The molecule has 0 radical (unpaired) electrons. The molecule has 2 aliphatic heterocycles. The smallest absolute Gasteiger partial charge is 0.252 e. The molecule has 0 saturated heterocycles. The van der Waals surface area contributed by atoms with Crippen LogP contribution in [-0.4, -0.2) is 15.7 Å². The van der Waals surface area contributed by atoms with Crippen LogP contribution < -0.4 is 16.4 Å². The van der Waals surface area contributed by atoms with E-state index in [1.54, 1.807) is 0 Å². The van der Waals surface area contributed by atoms with Gasteiger partial charge in [-0.05, 0) is 76.4 Å². The lowest BCUT2D eigenvalue weighted by Crippen LogP contribution is -2.53. The molecule has 8 aromatic rings. The average Bonchev–Trinajstić information content (AvgIpc) is 3.66. The number of fused-ring (bicyclic) bond motifs is 15. The van der Waals surface area contributed by atoms with Gasteiger partial charge in [-0.15, -0.1) is 0 Å². The van der Waals surface area contributed by atoms with E-state index in [1.165, 1.54) is 39.7 Å². The lowest BCUT2D eigenvalue weighted by atomic mass is 9.37. The van der Waals surface area contributed by atoms with Crippen LogP contribution in [0.2, 0.25) is 0 Å². The van der Waals surface area contributed by atoms with Crippen molar-refractivity contribution in [3.8, 4) is 16.8 Å². The molecule has 3 aromatic heterocycles. The zero-order valence-corrected chi connectivity index (χ0v) is 20.7. The molecular weight excluding hydrogens is 489 g/mol. The summed E-state index contributed by atoms with van der Waals surface area (Å²) in [6, 6.07) is 27.8. The Balaban J connectivity index is 1.51. The van der Waals surface area contributed by atoms with E-state index >= 15 is 0 Å². The zero-order chi connectivity index (χ0) is 25.7. The molecule has 5 aromatic carbocycles. The lowest BCUT2D eigenvalue weighted by Gasteiger charge is -2.23. The molecular formula is C33H17BF2N2O. The second-order valence-electron chi connectivity index (χ2n) is 10.9. The molecule has 6 heteroatoms. The molecule has 39 heavy (non-hydrogen) atoms. The van der Waals surface area contributed by atoms with Crippen LogP contribution in [-0.2, 0) is 0 Å². The van der Waals surface area contributed by atoms with E-state index in [2.05, 4.69) is 58.4 Å². The Morgan fingerprint density at radius 3 is 2.36 bits per heavy atom. The van der Waals surface area contributed by atoms with Gasteiger partial charge < -0.3 is 4.42 Å². The predicted octanol–water partition coefficient (Wildman–Crippen LogP) is 6.33. The van der Waals surface area contributed by atoms with Gasteiger partial charge in [-0.1, -0.05) is 42.5 Å². The van der Waals surface area contributed by atoms with Gasteiger partial charge in [-0.3, -0.25) is 8.97 Å². The molecule has 182 valence electrons. The standard InChI is InChI=1S/C33H17BF2N2O/c1-16-12-19-17-10-11-28-29(18-6-2-5-9-27(18)39-28)31(17)34-30(19)26(13-16)38-24-8-4-3-7-23(24)37-25-15-22(36)21(35)14-20(25)32(34)33(37)38/h2-15H,1H3. The van der Waals surface area contributed by atoms with Crippen LogP contribution in [0.4, 0.5) is 8.78 Å². The Bertz CT molecular complexity index is 2440. The predicted molar refractivity (Wildman–Crippen MR) is 154 cm³/mol. The molecule has 0 bridgehead atoms. The number of hydrogen-bond acceptors (Lipinski definition) is 1. The van der Waals surface area contributed by atoms with Crippen molar-refractivity contribution in [3.63, 3.8) is 0 Å². The van der Waals surface area contributed by atoms with E-state index in [1.807, 2.05) is 30.3 Å². The van der Waals surface area contributed by atoms with Gasteiger partial charge in [0.2, 0.25) is 0 Å². The number of imidazole rings is 1. The summed E-state index contributed by atoms with van der Waals surface area (Å²) in [6.07, 6.45) is 0. The quantitative estimate of drug-likeness (QED) is 0.221. The van der Waals surface area contributed by atoms with Gasteiger partial charge in [0.25, 0.3) is 6.71 Å². The number of para-hydroxylation sites is 3. The van der Waals surface area contributed by atoms with Gasteiger partial charge in [0.1, 0.15) is 16.8 Å². The van der Waals surface area contributed by atoms with Gasteiger partial charge in [-0.2, -0.15) is 0 Å². The van der Waals surface area contributed by atoms with Crippen LogP contribution in [0.15, 0.2) is 89.3 Å². The maximum absolute atomic E-state index is 14.9. The molecule has 0 fully saturated rings. The fourth-order valence-corrected chi connectivity index (χ4v) is 7.54. The summed E-state index contributed by atoms with van der Waals surface area (Å²) in [4.78, 5) is 0. The molecule has 3 nitrogen and oxygen atoms in total. The molecule has 0 amide bonds. The molecule has 0 unspecified atom stereocenters. The highest BCUT2D eigenvalue weighted by Crippen LogP contribution is 2.40. The lowest BCUT2D eigenvalue weighted by molar-refractivity contribution is 0.511. The maximum atomic E-state index is 14.9. The monoisotopic (exact) mass is 506 g/mol. The largest absolute Gasteiger partial charge is 0.456 e. The van der Waals surface area contributed by atoms with Crippen LogP contribution in [0.25, 0.3) is 66.3 Å². The minimum Gasteiger partial charge on any atom is -0.456 e. The van der Waals surface area contributed by atoms with Crippen molar-refractivity contribution in [3.05, 3.63) is 102 Å². The number of furan rings is 1. The molecule has 0 atom stereocenters. The van der Waals surface area contributed by atoms with Gasteiger partial charge in [0.05, 0.1) is 16.6 Å². The van der Waals surface area contributed by atoms with Gasteiger partial charge in [-0.25, -0.2) is 8.78 Å². The van der Waals surface area contributed by atoms with Gasteiger partial charge >= 0.3 is 0 Å². The van der Waals surface area contributed by atoms with Crippen molar-refractivity contribution in [2.75, 3.05) is 0 Å². The van der Waals surface area contributed by atoms with Crippen molar-refractivity contribution in [2.45, 2.75) is 6.92 Å². The van der Waals surface area contributed by atoms with Crippen molar-refractivity contribution in [2.24, 2.45) is 0 Å². The zero-order valence-electron chi connectivity index (χ0n) is 20.7. The molecule has 0 saturated carbocycles. The maximum Gasteiger partial charge on any atom is 0.252 e. The van der Waals surface area contributed by atoms with Crippen molar-refractivity contribution in [1.82, 2.24) is 8.97 Å². The highest BCUT2D eigenvalue weighted by Gasteiger charge is 2.45. The number of aryl methyl sites for hydroxylation is 1. The van der Waals surface area contributed by atoms with Gasteiger partial charge in [0, 0.05) is 27.9 Å². The van der Waals surface area contributed by atoms with E-state index in [0.717, 1.165) is 55.2 Å². The van der Waals surface area contributed by atoms with Crippen LogP contribution >= 0.6 is 0 Å². The topological polar surface area (TPSA) is 22.5 Å². The first-order valence-corrected chi connectivity index (χ1v) is 13.1. The second kappa shape index (κ2) is 6.41. The second-order valence-corrected chi connectivity index (χ2v) is 10.9. The number of rotatable bonds is 0. The Hall–Kier alpha value is -4.84. The van der Waals surface area contributed by atoms with E-state index in [0.29, 0.717) is 5.52 Å². The van der Waals surface area contributed by atoms with Crippen molar-refractivity contribution >= 4 is 72.6 Å². The summed E-state index contributed by atoms with van der Waals surface area (Å²) in [6.45, 7) is 1.98. The normalized spacial score (nSPS) is 13.5. The Labute approximate surface area is 220 Å². The first-order chi connectivity index (χ1) is 19.1. The molecule has 0 spiro atoms. The summed E-state index contributed by atoms with van der Waals surface area (Å²) in [5.74, 6) is -1.67. The third kappa shape index (κ3) is 2.16. The highest BCUT2D eigenvalue weighted by molar-refractivity contribution is 7.03. The van der Waals surface area contributed by atoms with Crippen LogP contribution in [0.5, 0.6) is 0 Å². The Morgan fingerprint density at radius 1 is 0.667 bits per heavy atom. The first-order valence-electron chi connectivity index (χ1n) is 13.1. The molecule has 10 rings (SSSR count). The van der Waals surface area contributed by atoms with Crippen molar-refractivity contribution in [1.29, 1.82) is 0 Å². The Morgan fingerprint density at radius 2 is 1.46 bits per heavy atom. The molecule has 0 N–H and O–H groups in total. The van der Waals surface area contributed by atoms with Gasteiger partial charge in [0.15, 0.2) is 11.6 Å². The van der Waals surface area contributed by atoms with Crippen LogP contribution in [0, 0.1) is 18.6 Å². The SMILES string of the molecule is Cc1cc2c3c(c1)-n1c4ccccc4n4c5cc(F)c(F)cc5c(c14)B3c1c-2ccc2oc3ccccc3c12. The minimum atomic E-state index is -0.839. The van der Waals surface area contributed by atoms with E-state index < -0.39 is 11.6 Å².